The largest absolute Gasteiger partial charge is 0.378 e. The molecule has 3 aromatic rings. The van der Waals surface area contributed by atoms with Crippen LogP contribution in [0.15, 0.2) is 84.9 Å². The molecule has 0 fully saturated rings. The van der Waals surface area contributed by atoms with Gasteiger partial charge in [-0.1, -0.05) is 73.7 Å². The van der Waals surface area contributed by atoms with Gasteiger partial charge in [-0.3, -0.25) is 4.79 Å². The van der Waals surface area contributed by atoms with E-state index in [9.17, 15) is 4.79 Å². The zero-order valence-electron chi connectivity index (χ0n) is 17.1. The summed E-state index contributed by atoms with van der Waals surface area (Å²) in [7, 11) is 0. The fourth-order valence-corrected chi connectivity index (χ4v) is 4.43. The number of carbonyl (C=O) groups excluding carboxylic acids is 1. The topological polar surface area (TPSA) is 32.3 Å². The maximum atomic E-state index is 13.7. The molecule has 29 heavy (non-hydrogen) atoms. The zero-order valence-corrected chi connectivity index (χ0v) is 17.1. The summed E-state index contributed by atoms with van der Waals surface area (Å²) in [6, 6.07) is 29.1. The SMILES string of the molecule is CC[C@@H](C(=O)N1c2ccccc2[C@@H](Nc2ccccc2)C[C@@H]1C)c1ccccc1. The van der Waals surface area contributed by atoms with Crippen molar-refractivity contribution in [3.63, 3.8) is 0 Å². The summed E-state index contributed by atoms with van der Waals surface area (Å²) in [6.45, 7) is 4.25. The quantitative estimate of drug-likeness (QED) is 0.571. The number of hydrogen-bond acceptors (Lipinski definition) is 2. The first kappa shape index (κ1) is 19.3. The molecular weight excluding hydrogens is 356 g/mol. The van der Waals surface area contributed by atoms with Crippen LogP contribution in [-0.4, -0.2) is 11.9 Å². The van der Waals surface area contributed by atoms with Gasteiger partial charge in [0, 0.05) is 17.4 Å². The minimum atomic E-state index is -0.120. The molecular formula is C26H28N2O. The lowest BCUT2D eigenvalue weighted by Gasteiger charge is -2.41. The monoisotopic (exact) mass is 384 g/mol. The number of rotatable bonds is 5. The third-order valence-electron chi connectivity index (χ3n) is 5.85. The maximum Gasteiger partial charge on any atom is 0.234 e. The Hall–Kier alpha value is -3.07. The van der Waals surface area contributed by atoms with Crippen molar-refractivity contribution in [2.24, 2.45) is 0 Å². The summed E-state index contributed by atoms with van der Waals surface area (Å²) in [5.41, 5.74) is 4.41. The van der Waals surface area contributed by atoms with Gasteiger partial charge >= 0.3 is 0 Å². The highest BCUT2D eigenvalue weighted by Gasteiger charge is 2.36. The Morgan fingerprint density at radius 2 is 1.59 bits per heavy atom. The standard InChI is InChI=1S/C26H28N2O/c1-3-22(20-12-6-4-7-13-20)26(29)28-19(2)18-24(23-16-10-11-17-25(23)28)27-21-14-8-5-9-15-21/h4-17,19,22,24,27H,3,18H2,1-2H3/t19-,22+,24-/m0/s1. The molecule has 3 atom stereocenters. The predicted molar refractivity (Wildman–Crippen MR) is 120 cm³/mol. The highest BCUT2D eigenvalue weighted by molar-refractivity contribution is 5.99. The first-order valence-electron chi connectivity index (χ1n) is 10.5. The highest BCUT2D eigenvalue weighted by Crippen LogP contribution is 2.40. The molecule has 0 saturated carbocycles. The van der Waals surface area contributed by atoms with Crippen LogP contribution in [0, 0.1) is 0 Å². The van der Waals surface area contributed by atoms with Crippen molar-refractivity contribution < 1.29 is 4.79 Å². The van der Waals surface area contributed by atoms with Crippen LogP contribution >= 0.6 is 0 Å². The Kier molecular flexibility index (Phi) is 5.66. The molecule has 1 aliphatic heterocycles. The molecule has 1 amide bonds. The van der Waals surface area contributed by atoms with Gasteiger partial charge in [0.25, 0.3) is 0 Å². The molecule has 0 saturated heterocycles. The minimum absolute atomic E-state index is 0.120. The van der Waals surface area contributed by atoms with Crippen LogP contribution in [0.4, 0.5) is 11.4 Å². The number of benzene rings is 3. The summed E-state index contributed by atoms with van der Waals surface area (Å²) in [6.07, 6.45) is 1.67. The van der Waals surface area contributed by atoms with E-state index in [4.69, 9.17) is 0 Å². The van der Waals surface area contributed by atoms with E-state index in [0.29, 0.717) is 0 Å². The lowest BCUT2D eigenvalue weighted by molar-refractivity contribution is -0.120. The van der Waals surface area contributed by atoms with Gasteiger partial charge in [-0.2, -0.15) is 0 Å². The number of carbonyl (C=O) groups is 1. The van der Waals surface area contributed by atoms with E-state index >= 15 is 0 Å². The average molecular weight is 385 g/mol. The summed E-state index contributed by atoms with van der Waals surface area (Å²) < 4.78 is 0. The fraction of sp³-hybridized carbons (Fsp3) is 0.269. The summed E-state index contributed by atoms with van der Waals surface area (Å²) in [5.74, 6) is 0.0714. The second-order valence-corrected chi connectivity index (χ2v) is 7.79. The van der Waals surface area contributed by atoms with Crippen LogP contribution in [0.1, 0.15) is 49.8 Å². The number of anilines is 2. The summed E-state index contributed by atoms with van der Waals surface area (Å²) in [4.78, 5) is 15.7. The van der Waals surface area contributed by atoms with Crippen molar-refractivity contribution in [1.29, 1.82) is 0 Å². The normalized spacial score (nSPS) is 19.3. The molecule has 0 radical (unpaired) electrons. The van der Waals surface area contributed by atoms with Crippen molar-refractivity contribution in [1.82, 2.24) is 0 Å². The van der Waals surface area contributed by atoms with Crippen LogP contribution in [-0.2, 0) is 4.79 Å². The number of nitrogens with one attached hydrogen (secondary N) is 1. The van der Waals surface area contributed by atoms with E-state index in [2.05, 4.69) is 61.6 Å². The molecule has 3 aromatic carbocycles. The average Bonchev–Trinajstić information content (AvgIpc) is 2.76. The predicted octanol–water partition coefficient (Wildman–Crippen LogP) is 6.16. The molecule has 0 spiro atoms. The molecule has 3 heteroatoms. The molecule has 4 rings (SSSR count). The Morgan fingerprint density at radius 1 is 0.966 bits per heavy atom. The van der Waals surface area contributed by atoms with Gasteiger partial charge < -0.3 is 10.2 Å². The van der Waals surface area contributed by atoms with E-state index < -0.39 is 0 Å². The van der Waals surface area contributed by atoms with Crippen LogP contribution in [0.2, 0.25) is 0 Å². The Morgan fingerprint density at radius 3 is 2.28 bits per heavy atom. The molecule has 0 bridgehead atoms. The summed E-state index contributed by atoms with van der Waals surface area (Å²) in [5, 5.41) is 3.66. The molecule has 1 heterocycles. The number of amides is 1. The van der Waals surface area contributed by atoms with Gasteiger partial charge in [0.2, 0.25) is 5.91 Å². The minimum Gasteiger partial charge on any atom is -0.378 e. The van der Waals surface area contributed by atoms with Crippen LogP contribution in [0.25, 0.3) is 0 Å². The molecule has 1 N–H and O–H groups in total. The lowest BCUT2D eigenvalue weighted by Crippen LogP contribution is -2.46. The first-order valence-corrected chi connectivity index (χ1v) is 10.5. The Labute approximate surface area is 173 Å². The van der Waals surface area contributed by atoms with Gasteiger partial charge in [-0.05, 0) is 49.1 Å². The van der Waals surface area contributed by atoms with Gasteiger partial charge in [0.15, 0.2) is 0 Å². The van der Waals surface area contributed by atoms with E-state index in [-0.39, 0.29) is 23.9 Å². The van der Waals surface area contributed by atoms with E-state index in [0.717, 1.165) is 29.8 Å². The highest BCUT2D eigenvalue weighted by atomic mass is 16.2. The zero-order chi connectivity index (χ0) is 20.2. The second kappa shape index (κ2) is 8.52. The van der Waals surface area contributed by atoms with Crippen LogP contribution in [0.5, 0.6) is 0 Å². The Bertz CT molecular complexity index is 955. The van der Waals surface area contributed by atoms with E-state index in [1.807, 2.05) is 47.4 Å². The van der Waals surface area contributed by atoms with Gasteiger partial charge in [-0.15, -0.1) is 0 Å². The second-order valence-electron chi connectivity index (χ2n) is 7.79. The number of nitrogens with zero attached hydrogens (tertiary/aromatic N) is 1. The molecule has 0 aliphatic carbocycles. The number of fused-ring (bicyclic) bond motifs is 1. The Balaban J connectivity index is 1.67. The van der Waals surface area contributed by atoms with Crippen molar-refractivity contribution >= 4 is 17.3 Å². The maximum absolute atomic E-state index is 13.7. The van der Waals surface area contributed by atoms with Crippen LogP contribution < -0.4 is 10.2 Å². The van der Waals surface area contributed by atoms with E-state index in [1.165, 1.54) is 5.56 Å². The molecule has 0 aromatic heterocycles. The van der Waals surface area contributed by atoms with Crippen LogP contribution in [0.3, 0.4) is 0 Å². The third kappa shape index (κ3) is 3.91. The van der Waals surface area contributed by atoms with Crippen molar-refractivity contribution in [2.45, 2.75) is 44.7 Å². The van der Waals surface area contributed by atoms with Crippen molar-refractivity contribution in [3.8, 4) is 0 Å². The molecule has 1 aliphatic rings. The molecule has 3 nitrogen and oxygen atoms in total. The van der Waals surface area contributed by atoms with Crippen molar-refractivity contribution in [2.75, 3.05) is 10.2 Å². The fourth-order valence-electron chi connectivity index (χ4n) is 4.43. The smallest absolute Gasteiger partial charge is 0.234 e. The molecule has 0 unspecified atom stereocenters. The van der Waals surface area contributed by atoms with Gasteiger partial charge in [0.05, 0.1) is 12.0 Å². The number of para-hydroxylation sites is 2. The first-order chi connectivity index (χ1) is 14.2. The molecule has 148 valence electrons. The summed E-state index contributed by atoms with van der Waals surface area (Å²) >= 11 is 0. The third-order valence-corrected chi connectivity index (χ3v) is 5.85. The number of hydrogen-bond donors (Lipinski definition) is 1. The van der Waals surface area contributed by atoms with E-state index in [1.54, 1.807) is 0 Å². The van der Waals surface area contributed by atoms with Crippen molar-refractivity contribution in [3.05, 3.63) is 96.1 Å². The van der Waals surface area contributed by atoms with Gasteiger partial charge in [-0.25, -0.2) is 0 Å². The van der Waals surface area contributed by atoms with Gasteiger partial charge in [0.1, 0.15) is 0 Å². The lowest BCUT2D eigenvalue weighted by atomic mass is 9.88.